The van der Waals surface area contributed by atoms with Gasteiger partial charge in [-0.05, 0) is 55.6 Å². The van der Waals surface area contributed by atoms with E-state index in [1.54, 1.807) is 6.07 Å². The minimum atomic E-state index is -0.00124. The molecule has 0 radical (unpaired) electrons. The number of phenolic OH excluding ortho intramolecular Hbond substituents is 1. The topological polar surface area (TPSA) is 61.4 Å². The van der Waals surface area contributed by atoms with Crippen LogP contribution in [0.25, 0.3) is 0 Å². The third-order valence-corrected chi connectivity index (χ3v) is 4.28. The molecule has 1 aliphatic rings. The van der Waals surface area contributed by atoms with Gasteiger partial charge in [-0.2, -0.15) is 0 Å². The summed E-state index contributed by atoms with van der Waals surface area (Å²) in [6.45, 7) is 1.75. The van der Waals surface area contributed by atoms with Crippen LogP contribution < -0.4 is 10.6 Å². The second-order valence-electron chi connectivity index (χ2n) is 6.03. The molecule has 2 aromatic rings. The van der Waals surface area contributed by atoms with Gasteiger partial charge in [0.25, 0.3) is 0 Å². The highest BCUT2D eigenvalue weighted by Crippen LogP contribution is 2.27. The number of anilines is 1. The average molecular weight is 310 g/mol. The zero-order chi connectivity index (χ0) is 16.1. The predicted molar refractivity (Wildman–Crippen MR) is 91.6 cm³/mol. The molecule has 1 aliphatic heterocycles. The van der Waals surface area contributed by atoms with Gasteiger partial charge in [0.1, 0.15) is 5.75 Å². The van der Waals surface area contributed by atoms with E-state index in [1.165, 1.54) is 5.56 Å². The third-order valence-electron chi connectivity index (χ3n) is 4.28. The molecule has 1 amide bonds. The highest BCUT2D eigenvalue weighted by atomic mass is 16.3. The Morgan fingerprint density at radius 1 is 1.09 bits per heavy atom. The molecule has 120 valence electrons. The molecule has 0 aromatic heterocycles. The van der Waals surface area contributed by atoms with Crippen molar-refractivity contribution < 1.29 is 9.90 Å². The van der Waals surface area contributed by atoms with Crippen LogP contribution in [0.15, 0.2) is 48.5 Å². The number of nitrogens with one attached hydrogen (secondary N) is 2. The van der Waals surface area contributed by atoms with E-state index in [0.717, 1.165) is 37.9 Å². The molecule has 0 spiro atoms. The molecule has 3 rings (SSSR count). The molecule has 0 aliphatic carbocycles. The van der Waals surface area contributed by atoms with Crippen molar-refractivity contribution in [2.24, 2.45) is 5.92 Å². The predicted octanol–water partition coefficient (Wildman–Crippen LogP) is 2.92. The summed E-state index contributed by atoms with van der Waals surface area (Å²) in [5.41, 5.74) is 2.77. The Balaban J connectivity index is 1.71. The van der Waals surface area contributed by atoms with Crippen molar-refractivity contribution in [2.45, 2.75) is 19.3 Å². The lowest BCUT2D eigenvalue weighted by molar-refractivity contribution is -0.120. The van der Waals surface area contributed by atoms with E-state index >= 15 is 0 Å². The van der Waals surface area contributed by atoms with Crippen LogP contribution in [0.5, 0.6) is 5.75 Å². The van der Waals surface area contributed by atoms with Gasteiger partial charge in [-0.15, -0.1) is 0 Å². The van der Waals surface area contributed by atoms with Gasteiger partial charge in [0.15, 0.2) is 0 Å². The molecule has 1 heterocycles. The first kappa shape index (κ1) is 15.6. The zero-order valence-electron chi connectivity index (χ0n) is 13.1. The molecular formula is C19H22N2O2. The van der Waals surface area contributed by atoms with Crippen molar-refractivity contribution >= 4 is 11.6 Å². The first-order valence-electron chi connectivity index (χ1n) is 8.10. The summed E-state index contributed by atoms with van der Waals surface area (Å²) in [5, 5.41) is 16.2. The largest absolute Gasteiger partial charge is 0.506 e. The SMILES string of the molecule is O=C(Nc1cc(Cc2ccccc2)ccc1O)C1CCNCC1. The van der Waals surface area contributed by atoms with E-state index in [2.05, 4.69) is 22.8 Å². The van der Waals surface area contributed by atoms with Crippen molar-refractivity contribution in [3.8, 4) is 5.75 Å². The van der Waals surface area contributed by atoms with Gasteiger partial charge < -0.3 is 15.7 Å². The number of rotatable bonds is 4. The number of aromatic hydroxyl groups is 1. The number of carbonyl (C=O) groups is 1. The minimum Gasteiger partial charge on any atom is -0.506 e. The first-order valence-corrected chi connectivity index (χ1v) is 8.10. The van der Waals surface area contributed by atoms with E-state index < -0.39 is 0 Å². The van der Waals surface area contributed by atoms with Gasteiger partial charge in [0.05, 0.1) is 5.69 Å². The first-order chi connectivity index (χ1) is 11.2. The van der Waals surface area contributed by atoms with Gasteiger partial charge >= 0.3 is 0 Å². The van der Waals surface area contributed by atoms with Crippen LogP contribution in [-0.2, 0) is 11.2 Å². The van der Waals surface area contributed by atoms with Crippen LogP contribution in [0.4, 0.5) is 5.69 Å². The molecule has 2 aromatic carbocycles. The molecule has 0 bridgehead atoms. The maximum Gasteiger partial charge on any atom is 0.227 e. The number of hydrogen-bond donors (Lipinski definition) is 3. The molecular weight excluding hydrogens is 288 g/mol. The number of phenols is 1. The minimum absolute atomic E-state index is 0.00124. The van der Waals surface area contributed by atoms with Crippen LogP contribution in [0, 0.1) is 5.92 Å². The number of hydrogen-bond acceptors (Lipinski definition) is 3. The van der Waals surface area contributed by atoms with Crippen molar-refractivity contribution in [3.05, 3.63) is 59.7 Å². The van der Waals surface area contributed by atoms with Crippen LogP contribution in [-0.4, -0.2) is 24.1 Å². The fraction of sp³-hybridized carbons (Fsp3) is 0.316. The second kappa shape index (κ2) is 7.29. The quantitative estimate of drug-likeness (QED) is 0.761. The zero-order valence-corrected chi connectivity index (χ0v) is 13.1. The summed E-state index contributed by atoms with van der Waals surface area (Å²) >= 11 is 0. The Bertz CT molecular complexity index is 664. The van der Waals surface area contributed by atoms with Gasteiger partial charge in [-0.1, -0.05) is 36.4 Å². The molecule has 0 atom stereocenters. The summed E-state index contributed by atoms with van der Waals surface area (Å²) in [6, 6.07) is 15.6. The average Bonchev–Trinajstić information content (AvgIpc) is 2.59. The van der Waals surface area contributed by atoms with Crippen molar-refractivity contribution in [2.75, 3.05) is 18.4 Å². The van der Waals surface area contributed by atoms with Crippen LogP contribution >= 0.6 is 0 Å². The Hall–Kier alpha value is -2.33. The van der Waals surface area contributed by atoms with Gasteiger partial charge in [-0.25, -0.2) is 0 Å². The van der Waals surface area contributed by atoms with E-state index in [4.69, 9.17) is 0 Å². The number of piperidine rings is 1. The molecule has 1 saturated heterocycles. The lowest BCUT2D eigenvalue weighted by Crippen LogP contribution is -2.34. The fourth-order valence-corrected chi connectivity index (χ4v) is 2.94. The van der Waals surface area contributed by atoms with Gasteiger partial charge in [0, 0.05) is 5.92 Å². The van der Waals surface area contributed by atoms with Crippen molar-refractivity contribution in [1.29, 1.82) is 0 Å². The Morgan fingerprint density at radius 2 is 1.83 bits per heavy atom. The molecule has 3 N–H and O–H groups in total. The number of amides is 1. The summed E-state index contributed by atoms with van der Waals surface area (Å²) in [7, 11) is 0. The van der Waals surface area contributed by atoms with E-state index in [1.807, 2.05) is 30.3 Å². The fourth-order valence-electron chi connectivity index (χ4n) is 2.94. The van der Waals surface area contributed by atoms with Crippen LogP contribution in [0.1, 0.15) is 24.0 Å². The Morgan fingerprint density at radius 3 is 2.57 bits per heavy atom. The summed E-state index contributed by atoms with van der Waals surface area (Å²) in [5.74, 6) is 0.135. The van der Waals surface area contributed by atoms with E-state index in [0.29, 0.717) is 5.69 Å². The maximum atomic E-state index is 12.3. The van der Waals surface area contributed by atoms with Crippen molar-refractivity contribution in [1.82, 2.24) is 5.32 Å². The molecule has 4 nitrogen and oxygen atoms in total. The molecule has 0 unspecified atom stereocenters. The van der Waals surface area contributed by atoms with Gasteiger partial charge in [0.2, 0.25) is 5.91 Å². The highest BCUT2D eigenvalue weighted by molar-refractivity contribution is 5.94. The lowest BCUT2D eigenvalue weighted by atomic mass is 9.97. The monoisotopic (exact) mass is 310 g/mol. The molecule has 4 heteroatoms. The summed E-state index contributed by atoms with van der Waals surface area (Å²) in [6.07, 6.45) is 2.46. The standard InChI is InChI=1S/C19H22N2O2/c22-18-7-6-15(12-14-4-2-1-3-5-14)13-17(18)21-19(23)16-8-10-20-11-9-16/h1-7,13,16,20,22H,8-12H2,(H,21,23). The number of benzene rings is 2. The molecule has 0 saturated carbocycles. The van der Waals surface area contributed by atoms with Crippen LogP contribution in [0.3, 0.4) is 0 Å². The molecule has 1 fully saturated rings. The third kappa shape index (κ3) is 4.11. The van der Waals surface area contributed by atoms with Gasteiger partial charge in [-0.3, -0.25) is 4.79 Å². The summed E-state index contributed by atoms with van der Waals surface area (Å²) < 4.78 is 0. The Kier molecular flexibility index (Phi) is 4.93. The maximum absolute atomic E-state index is 12.3. The molecule has 23 heavy (non-hydrogen) atoms. The Labute approximate surface area is 136 Å². The smallest absolute Gasteiger partial charge is 0.227 e. The van der Waals surface area contributed by atoms with E-state index in [-0.39, 0.29) is 17.6 Å². The van der Waals surface area contributed by atoms with E-state index in [9.17, 15) is 9.90 Å². The second-order valence-corrected chi connectivity index (χ2v) is 6.03. The van der Waals surface area contributed by atoms with Crippen LogP contribution in [0.2, 0.25) is 0 Å². The number of carbonyl (C=O) groups excluding carboxylic acids is 1. The van der Waals surface area contributed by atoms with Crippen molar-refractivity contribution in [3.63, 3.8) is 0 Å². The highest BCUT2D eigenvalue weighted by Gasteiger charge is 2.21. The normalized spacial score (nSPS) is 15.3. The lowest BCUT2D eigenvalue weighted by Gasteiger charge is -2.22. The summed E-state index contributed by atoms with van der Waals surface area (Å²) in [4.78, 5) is 12.3.